The van der Waals surface area contributed by atoms with E-state index < -0.39 is 17.2 Å². The molecule has 32 heavy (non-hydrogen) atoms. The average molecular weight is 563 g/mol. The van der Waals surface area contributed by atoms with Crippen LogP contribution in [0.15, 0.2) is 47.5 Å². The van der Waals surface area contributed by atoms with Crippen LogP contribution in [0.1, 0.15) is 31.4 Å². The molecule has 0 aliphatic heterocycles. The number of aliphatic imine (C=N–C) groups is 1. The smallest absolute Gasteiger partial charge is 0.191 e. The number of benzene rings is 2. The molecule has 2 aromatic carbocycles. The van der Waals surface area contributed by atoms with Crippen molar-refractivity contribution in [2.75, 3.05) is 33.4 Å². The number of hydrogen-bond donors (Lipinski definition) is 3. The van der Waals surface area contributed by atoms with E-state index in [9.17, 15) is 13.9 Å². The molecular formula is C23H32F2IN3O3. The van der Waals surface area contributed by atoms with Crippen molar-refractivity contribution in [3.63, 3.8) is 0 Å². The second-order valence-corrected chi connectivity index (χ2v) is 7.24. The number of halogens is 3. The van der Waals surface area contributed by atoms with Crippen LogP contribution in [0, 0.1) is 11.6 Å². The fourth-order valence-corrected chi connectivity index (χ4v) is 2.88. The third-order valence-electron chi connectivity index (χ3n) is 4.65. The summed E-state index contributed by atoms with van der Waals surface area (Å²) in [6, 6.07) is 10.7. The monoisotopic (exact) mass is 563 g/mol. The van der Waals surface area contributed by atoms with Gasteiger partial charge in [0.25, 0.3) is 0 Å². The van der Waals surface area contributed by atoms with Crippen molar-refractivity contribution < 1.29 is 23.4 Å². The number of hydrogen-bond acceptors (Lipinski definition) is 4. The molecule has 0 aromatic heterocycles. The number of rotatable bonds is 11. The first-order valence-electron chi connectivity index (χ1n) is 10.3. The molecular weight excluding hydrogens is 531 g/mol. The Morgan fingerprint density at radius 1 is 1.12 bits per heavy atom. The van der Waals surface area contributed by atoms with Crippen molar-refractivity contribution in [2.45, 2.75) is 32.4 Å². The Hall–Kier alpha value is -1.98. The van der Waals surface area contributed by atoms with E-state index in [1.807, 2.05) is 31.2 Å². The van der Waals surface area contributed by atoms with E-state index in [-0.39, 0.29) is 36.1 Å². The minimum atomic E-state index is -1.56. The van der Waals surface area contributed by atoms with E-state index in [1.54, 1.807) is 7.11 Å². The summed E-state index contributed by atoms with van der Waals surface area (Å²) in [5.74, 6) is -0.261. The van der Waals surface area contributed by atoms with Crippen LogP contribution in [-0.2, 0) is 16.9 Å². The van der Waals surface area contributed by atoms with Gasteiger partial charge in [-0.05, 0) is 44.0 Å². The van der Waals surface area contributed by atoms with Crippen molar-refractivity contribution in [2.24, 2.45) is 4.99 Å². The van der Waals surface area contributed by atoms with E-state index in [0.29, 0.717) is 32.3 Å². The molecule has 3 N–H and O–H groups in total. The third-order valence-corrected chi connectivity index (χ3v) is 4.65. The first-order chi connectivity index (χ1) is 14.9. The fourth-order valence-electron chi connectivity index (χ4n) is 2.88. The summed E-state index contributed by atoms with van der Waals surface area (Å²) in [5.41, 5.74) is -0.578. The fraction of sp³-hybridized carbons (Fsp3) is 0.435. The summed E-state index contributed by atoms with van der Waals surface area (Å²) in [6.07, 6.45) is 0.778. The Morgan fingerprint density at radius 3 is 2.47 bits per heavy atom. The molecule has 2 aromatic rings. The molecule has 0 bridgehead atoms. The molecule has 9 heteroatoms. The topological polar surface area (TPSA) is 75.1 Å². The lowest BCUT2D eigenvalue weighted by molar-refractivity contribution is 0.0577. The Bertz CT molecular complexity index is 849. The first kappa shape index (κ1) is 28.1. The zero-order chi connectivity index (χ0) is 22.7. The lowest BCUT2D eigenvalue weighted by Gasteiger charge is -2.26. The molecule has 0 aliphatic carbocycles. The molecule has 0 heterocycles. The maximum absolute atomic E-state index is 14.1. The van der Waals surface area contributed by atoms with E-state index in [4.69, 9.17) is 9.47 Å². The predicted octanol–water partition coefficient (Wildman–Crippen LogP) is 3.96. The standard InChI is InChI=1S/C23H31F2N3O3.HI/c1-4-31-13-5-12-26-22(27-15-17-6-9-19(30-3)10-7-17)28-16-23(2,29)20-11-8-18(24)14-21(20)25;/h6-11,14,29H,4-5,12-13,15-16H2,1-3H3,(H2,26,27,28);1H. The maximum Gasteiger partial charge on any atom is 0.191 e. The Labute approximate surface area is 205 Å². The van der Waals surface area contributed by atoms with Crippen molar-refractivity contribution in [1.82, 2.24) is 10.6 Å². The molecule has 0 amide bonds. The van der Waals surface area contributed by atoms with Gasteiger partial charge in [-0.3, -0.25) is 0 Å². The van der Waals surface area contributed by atoms with Gasteiger partial charge in [-0.1, -0.05) is 18.2 Å². The Morgan fingerprint density at radius 2 is 1.84 bits per heavy atom. The molecule has 0 aliphatic rings. The normalized spacial score (nSPS) is 13.1. The van der Waals surface area contributed by atoms with E-state index in [0.717, 1.165) is 29.9 Å². The largest absolute Gasteiger partial charge is 0.497 e. The van der Waals surface area contributed by atoms with E-state index in [1.165, 1.54) is 13.0 Å². The Balaban J connectivity index is 0.00000512. The zero-order valence-corrected chi connectivity index (χ0v) is 21.0. The second-order valence-electron chi connectivity index (χ2n) is 7.24. The van der Waals surface area contributed by atoms with Gasteiger partial charge in [-0.25, -0.2) is 13.8 Å². The number of nitrogens with zero attached hydrogens (tertiary/aromatic N) is 1. The molecule has 1 unspecified atom stereocenters. The van der Waals surface area contributed by atoms with Crippen LogP contribution in [0.2, 0.25) is 0 Å². The summed E-state index contributed by atoms with van der Waals surface area (Å²) in [7, 11) is 1.61. The van der Waals surface area contributed by atoms with Crippen molar-refractivity contribution in [3.8, 4) is 5.75 Å². The van der Waals surface area contributed by atoms with Crippen LogP contribution in [-0.4, -0.2) is 44.5 Å². The van der Waals surface area contributed by atoms with E-state index >= 15 is 0 Å². The highest BCUT2D eigenvalue weighted by atomic mass is 127. The van der Waals surface area contributed by atoms with Gasteiger partial charge in [0.2, 0.25) is 0 Å². The van der Waals surface area contributed by atoms with Gasteiger partial charge >= 0.3 is 0 Å². The highest BCUT2D eigenvalue weighted by Gasteiger charge is 2.27. The SMILES string of the molecule is CCOCCCNC(=NCc1ccc(OC)cc1)NCC(C)(O)c1ccc(F)cc1F.I. The molecule has 2 rings (SSSR count). The summed E-state index contributed by atoms with van der Waals surface area (Å²) in [4.78, 5) is 4.55. The minimum Gasteiger partial charge on any atom is -0.497 e. The lowest BCUT2D eigenvalue weighted by Crippen LogP contribution is -2.45. The molecule has 178 valence electrons. The number of ether oxygens (including phenoxy) is 2. The lowest BCUT2D eigenvalue weighted by atomic mass is 9.95. The number of nitrogens with one attached hydrogen (secondary N) is 2. The van der Waals surface area contributed by atoms with Gasteiger partial charge in [0, 0.05) is 31.4 Å². The van der Waals surface area contributed by atoms with Crippen molar-refractivity contribution in [3.05, 3.63) is 65.2 Å². The number of methoxy groups -OCH3 is 1. The van der Waals surface area contributed by atoms with E-state index in [2.05, 4.69) is 15.6 Å². The molecule has 0 radical (unpaired) electrons. The molecule has 1 atom stereocenters. The van der Waals surface area contributed by atoms with Gasteiger partial charge in [-0.15, -0.1) is 24.0 Å². The Kier molecular flexibility index (Phi) is 12.5. The highest BCUT2D eigenvalue weighted by molar-refractivity contribution is 14.0. The van der Waals surface area contributed by atoms with Gasteiger partial charge in [-0.2, -0.15) is 0 Å². The number of guanidine groups is 1. The summed E-state index contributed by atoms with van der Waals surface area (Å²) in [5, 5.41) is 17.0. The molecule has 0 saturated carbocycles. The van der Waals surface area contributed by atoms with Crippen LogP contribution in [0.3, 0.4) is 0 Å². The first-order valence-corrected chi connectivity index (χ1v) is 10.3. The van der Waals surface area contributed by atoms with Gasteiger partial charge in [0.05, 0.1) is 20.2 Å². The predicted molar refractivity (Wildman–Crippen MR) is 133 cm³/mol. The van der Waals surface area contributed by atoms with Crippen LogP contribution >= 0.6 is 24.0 Å². The highest BCUT2D eigenvalue weighted by Crippen LogP contribution is 2.23. The quantitative estimate of drug-likeness (QED) is 0.167. The minimum absolute atomic E-state index is 0. The van der Waals surface area contributed by atoms with Crippen LogP contribution < -0.4 is 15.4 Å². The summed E-state index contributed by atoms with van der Waals surface area (Å²) < 4.78 is 37.8. The molecule has 0 spiro atoms. The summed E-state index contributed by atoms with van der Waals surface area (Å²) >= 11 is 0. The molecule has 6 nitrogen and oxygen atoms in total. The van der Waals surface area contributed by atoms with Crippen LogP contribution in [0.5, 0.6) is 5.75 Å². The second kappa shape index (κ2) is 14.2. The molecule has 0 saturated heterocycles. The zero-order valence-electron chi connectivity index (χ0n) is 18.7. The van der Waals surface area contributed by atoms with Crippen LogP contribution in [0.25, 0.3) is 0 Å². The summed E-state index contributed by atoms with van der Waals surface area (Å²) in [6.45, 7) is 5.67. The van der Waals surface area contributed by atoms with Gasteiger partial charge in [0.1, 0.15) is 23.0 Å². The maximum atomic E-state index is 14.1. The van der Waals surface area contributed by atoms with Crippen molar-refractivity contribution in [1.29, 1.82) is 0 Å². The van der Waals surface area contributed by atoms with Crippen molar-refractivity contribution >= 4 is 29.9 Å². The van der Waals surface area contributed by atoms with Gasteiger partial charge < -0.3 is 25.2 Å². The number of aliphatic hydroxyl groups is 1. The van der Waals surface area contributed by atoms with Gasteiger partial charge in [0.15, 0.2) is 5.96 Å². The molecule has 0 fully saturated rings. The average Bonchev–Trinajstić information content (AvgIpc) is 2.75. The third kappa shape index (κ3) is 9.25. The van der Waals surface area contributed by atoms with Crippen LogP contribution in [0.4, 0.5) is 8.78 Å².